The summed E-state index contributed by atoms with van der Waals surface area (Å²) in [4.78, 5) is 13.6. The van der Waals surface area contributed by atoms with Crippen LogP contribution in [-0.4, -0.2) is 43.9 Å². The van der Waals surface area contributed by atoms with Crippen molar-refractivity contribution in [2.75, 3.05) is 18.8 Å². The predicted octanol–water partition coefficient (Wildman–Crippen LogP) is 2.59. The van der Waals surface area contributed by atoms with E-state index in [0.29, 0.717) is 19.5 Å². The molecule has 1 rings (SSSR count). The summed E-state index contributed by atoms with van der Waals surface area (Å²) in [6.45, 7) is 6.60. The maximum Gasteiger partial charge on any atom is 0.410 e. The molecule has 0 aromatic carbocycles. The van der Waals surface area contributed by atoms with Gasteiger partial charge in [-0.15, -0.1) is 0 Å². The fourth-order valence-corrected chi connectivity index (χ4v) is 3.55. The van der Waals surface area contributed by atoms with E-state index >= 15 is 0 Å². The molecule has 0 unspecified atom stereocenters. The van der Waals surface area contributed by atoms with Gasteiger partial charge in [0.15, 0.2) is 0 Å². The summed E-state index contributed by atoms with van der Waals surface area (Å²) in [5, 5.41) is 0. The molecular weight excluding hydrogens is 290 g/mol. The summed E-state index contributed by atoms with van der Waals surface area (Å²) >= 11 is 0. The maximum absolute atomic E-state index is 11.9. The third-order valence-corrected chi connectivity index (χ3v) is 4.18. The third kappa shape index (κ3) is 7.01. The van der Waals surface area contributed by atoms with Crippen LogP contribution in [0.5, 0.6) is 0 Å². The highest BCUT2D eigenvalue weighted by Crippen LogP contribution is 2.22. The zero-order chi connectivity index (χ0) is 14.7. The van der Waals surface area contributed by atoms with Crippen LogP contribution in [0.2, 0.25) is 0 Å². The van der Waals surface area contributed by atoms with Gasteiger partial charge in [-0.1, -0.05) is 0 Å². The number of rotatable bonds is 2. The summed E-state index contributed by atoms with van der Waals surface area (Å²) in [6.07, 6.45) is 1.86. The average molecular weight is 312 g/mol. The number of amides is 1. The Labute approximate surface area is 119 Å². The quantitative estimate of drug-likeness (QED) is 0.735. The fourth-order valence-electron chi connectivity index (χ4n) is 2.12. The van der Waals surface area contributed by atoms with Crippen LogP contribution in [-0.2, 0) is 13.8 Å². The summed E-state index contributed by atoms with van der Waals surface area (Å²) in [5.74, 6) is 0.00594. The predicted molar refractivity (Wildman–Crippen MR) is 74.8 cm³/mol. The highest BCUT2D eigenvalue weighted by atomic mass is 35.7. The molecule has 0 saturated carbocycles. The SMILES string of the molecule is CC(C)(C)OC(=O)N1CCC[C@H](CS(=O)(=O)Cl)CC1. The summed E-state index contributed by atoms with van der Waals surface area (Å²) in [5.41, 5.74) is -0.512. The van der Waals surface area contributed by atoms with Gasteiger partial charge in [-0.25, -0.2) is 13.2 Å². The topological polar surface area (TPSA) is 63.7 Å². The van der Waals surface area contributed by atoms with Gasteiger partial charge in [0, 0.05) is 23.8 Å². The fraction of sp³-hybridized carbons (Fsp3) is 0.917. The Bertz CT molecular complexity index is 416. The zero-order valence-electron chi connectivity index (χ0n) is 11.7. The number of ether oxygens (including phenoxy) is 1. The number of halogens is 1. The Morgan fingerprint density at radius 3 is 2.47 bits per heavy atom. The molecule has 1 aliphatic heterocycles. The zero-order valence-corrected chi connectivity index (χ0v) is 13.3. The van der Waals surface area contributed by atoms with Gasteiger partial charge in [0.25, 0.3) is 0 Å². The van der Waals surface area contributed by atoms with E-state index in [-0.39, 0.29) is 17.8 Å². The van der Waals surface area contributed by atoms with Crippen molar-refractivity contribution >= 4 is 25.8 Å². The second-order valence-corrected chi connectivity index (χ2v) is 8.79. The van der Waals surface area contributed by atoms with Gasteiger partial charge in [0.05, 0.1) is 5.75 Å². The van der Waals surface area contributed by atoms with E-state index in [1.54, 1.807) is 4.90 Å². The molecule has 1 amide bonds. The Kier molecular flexibility index (Phi) is 5.50. The van der Waals surface area contributed by atoms with Crippen molar-refractivity contribution in [2.45, 2.75) is 45.6 Å². The average Bonchev–Trinajstić information content (AvgIpc) is 2.38. The van der Waals surface area contributed by atoms with Gasteiger partial charge in [0.2, 0.25) is 9.05 Å². The minimum absolute atomic E-state index is 0.0171. The number of likely N-dealkylation sites (tertiary alicyclic amines) is 1. The molecule has 1 heterocycles. The molecule has 0 aromatic heterocycles. The number of hydrogen-bond donors (Lipinski definition) is 0. The van der Waals surface area contributed by atoms with Crippen LogP contribution < -0.4 is 0 Å². The lowest BCUT2D eigenvalue weighted by molar-refractivity contribution is 0.0255. The first-order chi connectivity index (χ1) is 8.57. The summed E-state index contributed by atoms with van der Waals surface area (Å²) in [7, 11) is 1.80. The van der Waals surface area contributed by atoms with E-state index in [4.69, 9.17) is 15.4 Å². The van der Waals surface area contributed by atoms with Gasteiger partial charge in [0.1, 0.15) is 5.60 Å². The van der Waals surface area contributed by atoms with Crippen molar-refractivity contribution in [2.24, 2.45) is 5.92 Å². The number of carbonyl (C=O) groups is 1. The monoisotopic (exact) mass is 311 g/mol. The van der Waals surface area contributed by atoms with E-state index < -0.39 is 14.7 Å². The van der Waals surface area contributed by atoms with Crippen LogP contribution >= 0.6 is 10.7 Å². The van der Waals surface area contributed by atoms with Crippen LogP contribution in [0, 0.1) is 5.92 Å². The normalized spacial score (nSPS) is 21.9. The van der Waals surface area contributed by atoms with Crippen molar-refractivity contribution in [3.8, 4) is 0 Å². The van der Waals surface area contributed by atoms with Crippen LogP contribution in [0.3, 0.4) is 0 Å². The van der Waals surface area contributed by atoms with E-state index in [2.05, 4.69) is 0 Å². The lowest BCUT2D eigenvalue weighted by atomic mass is 10.0. The minimum Gasteiger partial charge on any atom is -0.444 e. The molecule has 1 saturated heterocycles. The van der Waals surface area contributed by atoms with Crippen molar-refractivity contribution < 1.29 is 17.9 Å². The Hall–Kier alpha value is -0.490. The Balaban J connectivity index is 2.52. The first kappa shape index (κ1) is 16.6. The Morgan fingerprint density at radius 1 is 1.32 bits per heavy atom. The molecule has 7 heteroatoms. The number of nitrogens with zero attached hydrogens (tertiary/aromatic N) is 1. The van der Waals surface area contributed by atoms with Gasteiger partial charge in [-0.2, -0.15) is 0 Å². The van der Waals surface area contributed by atoms with E-state index in [9.17, 15) is 13.2 Å². The molecule has 0 aromatic rings. The van der Waals surface area contributed by atoms with Gasteiger partial charge >= 0.3 is 6.09 Å². The van der Waals surface area contributed by atoms with E-state index in [1.807, 2.05) is 20.8 Å². The molecule has 0 spiro atoms. The second-order valence-electron chi connectivity index (χ2n) is 5.97. The highest BCUT2D eigenvalue weighted by Gasteiger charge is 2.26. The molecule has 5 nitrogen and oxygen atoms in total. The van der Waals surface area contributed by atoms with Crippen LogP contribution in [0.25, 0.3) is 0 Å². The molecule has 112 valence electrons. The number of hydrogen-bond acceptors (Lipinski definition) is 4. The van der Waals surface area contributed by atoms with Crippen LogP contribution in [0.1, 0.15) is 40.0 Å². The van der Waals surface area contributed by atoms with Crippen LogP contribution in [0.15, 0.2) is 0 Å². The molecular formula is C12H22ClNO4S. The smallest absolute Gasteiger partial charge is 0.410 e. The molecule has 0 bridgehead atoms. The first-order valence-corrected chi connectivity index (χ1v) is 8.95. The maximum atomic E-state index is 11.9. The largest absolute Gasteiger partial charge is 0.444 e. The Morgan fingerprint density at radius 2 is 1.95 bits per heavy atom. The summed E-state index contributed by atoms with van der Waals surface area (Å²) < 4.78 is 27.5. The van der Waals surface area contributed by atoms with Crippen molar-refractivity contribution in [3.63, 3.8) is 0 Å². The first-order valence-electron chi connectivity index (χ1n) is 6.47. The van der Waals surface area contributed by atoms with Crippen molar-refractivity contribution in [3.05, 3.63) is 0 Å². The highest BCUT2D eigenvalue weighted by molar-refractivity contribution is 8.13. The van der Waals surface area contributed by atoms with Gasteiger partial charge in [-0.05, 0) is 46.0 Å². The lowest BCUT2D eigenvalue weighted by Gasteiger charge is -2.26. The van der Waals surface area contributed by atoms with E-state index in [0.717, 1.165) is 12.8 Å². The van der Waals surface area contributed by atoms with Crippen molar-refractivity contribution in [1.29, 1.82) is 0 Å². The molecule has 0 radical (unpaired) electrons. The third-order valence-electron chi connectivity index (χ3n) is 2.93. The molecule has 19 heavy (non-hydrogen) atoms. The van der Waals surface area contributed by atoms with Gasteiger partial charge < -0.3 is 9.64 Å². The van der Waals surface area contributed by atoms with E-state index in [1.165, 1.54) is 0 Å². The standard InChI is InChI=1S/C12H22ClNO4S/c1-12(2,3)18-11(15)14-7-4-5-10(6-8-14)9-19(13,16)17/h10H,4-9H2,1-3H3/t10-/m0/s1. The number of carbonyl (C=O) groups excluding carboxylic acids is 1. The second kappa shape index (κ2) is 6.31. The van der Waals surface area contributed by atoms with Crippen molar-refractivity contribution in [1.82, 2.24) is 4.90 Å². The molecule has 1 fully saturated rings. The molecule has 0 aliphatic carbocycles. The van der Waals surface area contributed by atoms with Crippen LogP contribution in [0.4, 0.5) is 4.79 Å². The lowest BCUT2D eigenvalue weighted by Crippen LogP contribution is -2.37. The summed E-state index contributed by atoms with van der Waals surface area (Å²) in [6, 6.07) is 0. The molecule has 1 atom stereocenters. The van der Waals surface area contributed by atoms with Gasteiger partial charge in [-0.3, -0.25) is 0 Å². The molecule has 1 aliphatic rings. The minimum atomic E-state index is -3.47. The molecule has 0 N–H and O–H groups in total.